The predicted molar refractivity (Wildman–Crippen MR) is 59.5 cm³/mol. The van der Waals surface area contributed by atoms with Crippen molar-refractivity contribution in [1.29, 1.82) is 0 Å². The third-order valence-electron chi connectivity index (χ3n) is 2.52. The quantitative estimate of drug-likeness (QED) is 0.713. The number of carbonyl (C=O) groups excluding carboxylic acids is 1. The number of fused-ring (bicyclic) bond motifs is 1. The number of benzene rings is 1. The maximum Gasteiger partial charge on any atom is 0.227 e. The number of nitrogens with zero attached hydrogens (tertiary/aromatic N) is 1. The topological polar surface area (TPSA) is 31.2 Å². The highest BCUT2D eigenvalue weighted by Gasteiger charge is 2.08. The minimum atomic E-state index is 0.0262. The lowest BCUT2D eigenvalue weighted by molar-refractivity contribution is 0.0941. The van der Waals surface area contributed by atoms with Gasteiger partial charge in [-0.1, -0.05) is 0 Å². The smallest absolute Gasteiger partial charge is 0.227 e. The Bertz CT molecular complexity index is 526. The van der Waals surface area contributed by atoms with Crippen molar-refractivity contribution in [1.82, 2.24) is 4.57 Å². The Morgan fingerprint density at radius 2 is 2.13 bits per heavy atom. The van der Waals surface area contributed by atoms with Crippen LogP contribution in [0.3, 0.4) is 0 Å². The Labute approximate surface area is 88.3 Å². The van der Waals surface area contributed by atoms with Crippen molar-refractivity contribution >= 4 is 16.8 Å². The molecule has 0 saturated carbocycles. The molecule has 3 nitrogen and oxygen atoms in total. The average molecular weight is 203 g/mol. The van der Waals surface area contributed by atoms with Gasteiger partial charge in [0.2, 0.25) is 5.91 Å². The lowest BCUT2D eigenvalue weighted by Gasteiger charge is -2.05. The van der Waals surface area contributed by atoms with Crippen molar-refractivity contribution in [2.24, 2.45) is 0 Å². The molecule has 0 aliphatic carbocycles. The van der Waals surface area contributed by atoms with E-state index in [0.29, 0.717) is 0 Å². The van der Waals surface area contributed by atoms with Gasteiger partial charge in [-0.3, -0.25) is 9.36 Å². The molecular weight excluding hydrogens is 190 g/mol. The van der Waals surface area contributed by atoms with Crippen LogP contribution in [-0.2, 0) is 0 Å². The molecule has 1 aromatic carbocycles. The Kier molecular flexibility index (Phi) is 2.23. The molecule has 1 heterocycles. The number of aryl methyl sites for hydroxylation is 1. The van der Waals surface area contributed by atoms with Gasteiger partial charge in [-0.2, -0.15) is 0 Å². The third-order valence-corrected chi connectivity index (χ3v) is 2.52. The summed E-state index contributed by atoms with van der Waals surface area (Å²) in [6.45, 7) is 3.54. The zero-order valence-corrected chi connectivity index (χ0v) is 9.07. The summed E-state index contributed by atoms with van der Waals surface area (Å²) in [6, 6.07) is 5.79. The van der Waals surface area contributed by atoms with Gasteiger partial charge in [0.25, 0.3) is 0 Å². The third kappa shape index (κ3) is 1.50. The molecule has 0 N–H and O–H groups in total. The fraction of sp³-hybridized carbons (Fsp3) is 0.250. The highest BCUT2D eigenvalue weighted by molar-refractivity contribution is 5.94. The van der Waals surface area contributed by atoms with Gasteiger partial charge in [0.1, 0.15) is 5.75 Å². The molecule has 0 fully saturated rings. The molecule has 0 unspecified atom stereocenters. The summed E-state index contributed by atoms with van der Waals surface area (Å²) in [5.74, 6) is 0.847. The molecule has 0 bridgehead atoms. The van der Waals surface area contributed by atoms with Crippen LogP contribution in [0.25, 0.3) is 10.9 Å². The van der Waals surface area contributed by atoms with E-state index in [1.807, 2.05) is 25.1 Å². The van der Waals surface area contributed by atoms with Crippen LogP contribution in [0.15, 0.2) is 24.4 Å². The monoisotopic (exact) mass is 203 g/mol. The Hall–Kier alpha value is -1.77. The number of aromatic nitrogens is 1. The number of hydrogen-bond donors (Lipinski definition) is 0. The van der Waals surface area contributed by atoms with Gasteiger partial charge in [0.05, 0.1) is 12.6 Å². The fourth-order valence-electron chi connectivity index (χ4n) is 1.84. The van der Waals surface area contributed by atoms with E-state index in [1.54, 1.807) is 24.8 Å². The summed E-state index contributed by atoms with van der Waals surface area (Å²) >= 11 is 0. The normalized spacial score (nSPS) is 10.6. The molecule has 0 amide bonds. The van der Waals surface area contributed by atoms with Gasteiger partial charge in [-0.05, 0) is 30.7 Å². The van der Waals surface area contributed by atoms with Gasteiger partial charge in [-0.15, -0.1) is 0 Å². The first-order valence-electron chi connectivity index (χ1n) is 4.80. The zero-order valence-electron chi connectivity index (χ0n) is 9.07. The van der Waals surface area contributed by atoms with E-state index < -0.39 is 0 Å². The van der Waals surface area contributed by atoms with E-state index in [-0.39, 0.29) is 5.91 Å². The van der Waals surface area contributed by atoms with Crippen molar-refractivity contribution in [3.8, 4) is 5.75 Å². The summed E-state index contributed by atoms with van der Waals surface area (Å²) in [4.78, 5) is 11.4. The van der Waals surface area contributed by atoms with Gasteiger partial charge in [0.15, 0.2) is 0 Å². The molecule has 0 radical (unpaired) electrons. The van der Waals surface area contributed by atoms with Crippen LogP contribution in [0, 0.1) is 6.92 Å². The van der Waals surface area contributed by atoms with Crippen molar-refractivity contribution < 1.29 is 9.53 Å². The molecule has 1 aromatic heterocycles. The largest absolute Gasteiger partial charge is 0.497 e. The van der Waals surface area contributed by atoms with Crippen LogP contribution >= 0.6 is 0 Å². The van der Waals surface area contributed by atoms with Crippen LogP contribution in [-0.4, -0.2) is 17.6 Å². The van der Waals surface area contributed by atoms with Gasteiger partial charge >= 0.3 is 0 Å². The second-order valence-electron chi connectivity index (χ2n) is 3.59. The van der Waals surface area contributed by atoms with Crippen molar-refractivity contribution in [2.75, 3.05) is 7.11 Å². The zero-order chi connectivity index (χ0) is 11.0. The maximum absolute atomic E-state index is 11.4. The van der Waals surface area contributed by atoms with E-state index in [0.717, 1.165) is 22.2 Å². The molecule has 0 saturated heterocycles. The number of methoxy groups -OCH3 is 1. The molecule has 0 atom stereocenters. The first-order valence-corrected chi connectivity index (χ1v) is 4.80. The summed E-state index contributed by atoms with van der Waals surface area (Å²) in [5, 5.41) is 1.03. The lowest BCUT2D eigenvalue weighted by atomic mass is 10.1. The van der Waals surface area contributed by atoms with E-state index >= 15 is 0 Å². The fourth-order valence-corrected chi connectivity index (χ4v) is 1.84. The minimum Gasteiger partial charge on any atom is -0.497 e. The lowest BCUT2D eigenvalue weighted by Crippen LogP contribution is -2.04. The summed E-state index contributed by atoms with van der Waals surface area (Å²) in [5.41, 5.74) is 2.01. The molecular formula is C12H13NO2. The number of rotatable bonds is 1. The number of ether oxygens (including phenoxy) is 1. The van der Waals surface area contributed by atoms with Crippen LogP contribution < -0.4 is 4.74 Å². The molecule has 2 rings (SSSR count). The van der Waals surface area contributed by atoms with Crippen molar-refractivity contribution in [3.05, 3.63) is 30.0 Å². The minimum absolute atomic E-state index is 0.0262. The van der Waals surface area contributed by atoms with Crippen LogP contribution in [0.5, 0.6) is 5.75 Å². The second-order valence-corrected chi connectivity index (χ2v) is 3.59. The standard InChI is InChI=1S/C12H13NO2/c1-8-6-11(15-3)7-10-4-5-13(9(2)14)12(8)10/h4-7H,1-3H3. The number of hydrogen-bond acceptors (Lipinski definition) is 2. The predicted octanol–water partition coefficient (Wildman–Crippen LogP) is 2.62. The van der Waals surface area contributed by atoms with E-state index in [1.165, 1.54) is 0 Å². The summed E-state index contributed by atoms with van der Waals surface area (Å²) in [7, 11) is 1.64. The summed E-state index contributed by atoms with van der Waals surface area (Å²) < 4.78 is 6.84. The van der Waals surface area contributed by atoms with Crippen LogP contribution in [0.1, 0.15) is 17.3 Å². The molecule has 0 aliphatic heterocycles. The van der Waals surface area contributed by atoms with E-state index in [9.17, 15) is 4.79 Å². The van der Waals surface area contributed by atoms with Crippen molar-refractivity contribution in [3.63, 3.8) is 0 Å². The average Bonchev–Trinajstić information content (AvgIpc) is 2.61. The number of carbonyl (C=O) groups is 1. The Morgan fingerprint density at radius 3 is 2.73 bits per heavy atom. The molecule has 2 aromatic rings. The highest BCUT2D eigenvalue weighted by Crippen LogP contribution is 2.25. The van der Waals surface area contributed by atoms with Gasteiger partial charge in [-0.25, -0.2) is 0 Å². The Morgan fingerprint density at radius 1 is 1.40 bits per heavy atom. The first-order chi connectivity index (χ1) is 7.13. The molecule has 15 heavy (non-hydrogen) atoms. The van der Waals surface area contributed by atoms with E-state index in [4.69, 9.17) is 4.74 Å². The van der Waals surface area contributed by atoms with E-state index in [2.05, 4.69) is 0 Å². The van der Waals surface area contributed by atoms with Crippen LogP contribution in [0.2, 0.25) is 0 Å². The van der Waals surface area contributed by atoms with Gasteiger partial charge < -0.3 is 4.74 Å². The molecule has 0 aliphatic rings. The highest BCUT2D eigenvalue weighted by atomic mass is 16.5. The summed E-state index contributed by atoms with van der Waals surface area (Å²) in [6.07, 6.45) is 1.79. The van der Waals surface area contributed by atoms with Crippen molar-refractivity contribution in [2.45, 2.75) is 13.8 Å². The Balaban J connectivity index is 2.77. The maximum atomic E-state index is 11.4. The van der Waals surface area contributed by atoms with Crippen LogP contribution in [0.4, 0.5) is 0 Å². The SMILES string of the molecule is COc1cc(C)c2c(ccn2C(C)=O)c1. The second kappa shape index (κ2) is 3.42. The molecule has 0 spiro atoms. The first kappa shape index (κ1) is 9.77. The molecule has 78 valence electrons. The molecule has 3 heteroatoms. The van der Waals surface area contributed by atoms with Gasteiger partial charge in [0, 0.05) is 18.5 Å².